The van der Waals surface area contributed by atoms with Gasteiger partial charge in [0.1, 0.15) is 0 Å². The molecule has 4 nitrogen and oxygen atoms in total. The van der Waals surface area contributed by atoms with Gasteiger partial charge in [-0.3, -0.25) is 10.1 Å². The Hall–Kier alpha value is -0.610. The second kappa shape index (κ2) is 7.25. The van der Waals surface area contributed by atoms with Gasteiger partial charge < -0.3 is 9.64 Å². The third-order valence-electron chi connectivity index (χ3n) is 4.56. The maximum Gasteiger partial charge on any atom is 0.241 e. The van der Waals surface area contributed by atoms with Crippen molar-refractivity contribution in [1.82, 2.24) is 10.2 Å². The molecule has 0 bridgehead atoms. The van der Waals surface area contributed by atoms with Gasteiger partial charge in [0.15, 0.2) is 0 Å². The minimum absolute atomic E-state index is 0.0136. The minimum atomic E-state index is 0.0136. The zero-order valence-corrected chi connectivity index (χ0v) is 12.4. The van der Waals surface area contributed by atoms with E-state index in [1.807, 2.05) is 4.90 Å². The summed E-state index contributed by atoms with van der Waals surface area (Å²) in [5.41, 5.74) is 0. The zero-order chi connectivity index (χ0) is 13.7. The summed E-state index contributed by atoms with van der Waals surface area (Å²) in [6.45, 7) is 6.37. The van der Waals surface area contributed by atoms with E-state index in [0.29, 0.717) is 25.3 Å². The highest BCUT2D eigenvalue weighted by atomic mass is 16.5. The summed E-state index contributed by atoms with van der Waals surface area (Å²) in [6, 6.07) is 0.0136. The summed E-state index contributed by atoms with van der Waals surface area (Å²) < 4.78 is 5.89. The summed E-state index contributed by atoms with van der Waals surface area (Å²) >= 11 is 0. The molecule has 19 heavy (non-hydrogen) atoms. The van der Waals surface area contributed by atoms with E-state index in [2.05, 4.69) is 19.2 Å². The Morgan fingerprint density at radius 3 is 2.79 bits per heavy atom. The Morgan fingerprint density at radius 2 is 2.11 bits per heavy atom. The first kappa shape index (κ1) is 14.8. The molecule has 1 amide bonds. The predicted octanol–water partition coefficient (Wildman–Crippen LogP) is 2.14. The number of nitrogens with one attached hydrogen (secondary N) is 1. The molecule has 1 saturated heterocycles. The Morgan fingerprint density at radius 1 is 1.37 bits per heavy atom. The molecule has 0 aromatic carbocycles. The Bertz CT molecular complexity index is 290. The number of hydrogen-bond donors (Lipinski definition) is 1. The minimum Gasteiger partial charge on any atom is -0.376 e. The Balaban J connectivity index is 1.67. The number of hydrogen-bond acceptors (Lipinski definition) is 3. The lowest BCUT2D eigenvalue weighted by Gasteiger charge is -2.23. The lowest BCUT2D eigenvalue weighted by atomic mass is 9.98. The van der Waals surface area contributed by atoms with Gasteiger partial charge >= 0.3 is 0 Å². The molecule has 2 aliphatic rings. The van der Waals surface area contributed by atoms with Gasteiger partial charge in [0.2, 0.25) is 5.91 Å². The summed E-state index contributed by atoms with van der Waals surface area (Å²) in [7, 11) is 0. The normalized spacial score (nSPS) is 26.9. The van der Waals surface area contributed by atoms with Gasteiger partial charge in [-0.2, -0.15) is 0 Å². The first-order chi connectivity index (χ1) is 9.22. The third-order valence-corrected chi connectivity index (χ3v) is 4.56. The lowest BCUT2D eigenvalue weighted by molar-refractivity contribution is -0.130. The van der Waals surface area contributed by atoms with Crippen LogP contribution in [-0.2, 0) is 9.53 Å². The molecule has 0 aromatic heterocycles. The van der Waals surface area contributed by atoms with E-state index in [0.717, 1.165) is 13.0 Å². The molecule has 1 saturated carbocycles. The van der Waals surface area contributed by atoms with Crippen molar-refractivity contribution in [3.05, 3.63) is 0 Å². The Kier molecular flexibility index (Phi) is 5.64. The molecule has 1 heterocycles. The van der Waals surface area contributed by atoms with Crippen LogP contribution in [-0.4, -0.2) is 42.8 Å². The summed E-state index contributed by atoms with van der Waals surface area (Å²) in [5, 5.41) is 3.32. The number of nitrogens with zero attached hydrogens (tertiary/aromatic N) is 1. The van der Waals surface area contributed by atoms with Crippen molar-refractivity contribution in [2.45, 2.75) is 64.5 Å². The molecule has 1 N–H and O–H groups in total. The van der Waals surface area contributed by atoms with Crippen LogP contribution in [0.2, 0.25) is 0 Å². The van der Waals surface area contributed by atoms with E-state index in [9.17, 15) is 4.79 Å². The largest absolute Gasteiger partial charge is 0.376 e. The quantitative estimate of drug-likeness (QED) is 0.802. The number of carbonyl (C=O) groups is 1. The van der Waals surface area contributed by atoms with Crippen molar-refractivity contribution in [1.29, 1.82) is 0 Å². The van der Waals surface area contributed by atoms with Crippen molar-refractivity contribution < 1.29 is 9.53 Å². The molecular weight excluding hydrogens is 240 g/mol. The van der Waals surface area contributed by atoms with Gasteiger partial charge in [0, 0.05) is 6.54 Å². The molecule has 110 valence electrons. The average Bonchev–Trinajstić information content (AvgIpc) is 2.81. The number of carbonyl (C=O) groups excluding carboxylic acids is 1. The smallest absolute Gasteiger partial charge is 0.241 e. The monoisotopic (exact) mass is 268 g/mol. The second-order valence-electron chi connectivity index (χ2n) is 5.96. The topological polar surface area (TPSA) is 41.6 Å². The van der Waals surface area contributed by atoms with E-state index in [4.69, 9.17) is 4.74 Å². The molecule has 2 rings (SSSR count). The highest BCUT2D eigenvalue weighted by molar-refractivity contribution is 5.84. The molecular formula is C15H28N2O2. The van der Waals surface area contributed by atoms with Gasteiger partial charge in [0.05, 0.1) is 25.4 Å². The number of rotatable bonds is 6. The molecule has 2 fully saturated rings. The summed E-state index contributed by atoms with van der Waals surface area (Å²) in [4.78, 5) is 14.1. The average molecular weight is 268 g/mol. The lowest BCUT2D eigenvalue weighted by Crippen LogP contribution is -2.37. The highest BCUT2D eigenvalue weighted by Gasteiger charge is 2.33. The maximum atomic E-state index is 12.2. The number of amides is 1. The highest BCUT2D eigenvalue weighted by Crippen LogP contribution is 2.20. The van der Waals surface area contributed by atoms with Crippen LogP contribution in [0.3, 0.4) is 0 Å². The Labute approximate surface area is 116 Å². The molecule has 4 heteroatoms. The molecule has 1 aliphatic heterocycles. The SMILES string of the molecule is CCC(C)C1NCN(CCOC2CCCCC2)C1=O. The van der Waals surface area contributed by atoms with Gasteiger partial charge in [-0.05, 0) is 18.8 Å². The van der Waals surface area contributed by atoms with E-state index in [1.165, 1.54) is 32.1 Å². The van der Waals surface area contributed by atoms with Crippen LogP contribution in [0.15, 0.2) is 0 Å². The van der Waals surface area contributed by atoms with Gasteiger partial charge in [-0.1, -0.05) is 39.5 Å². The van der Waals surface area contributed by atoms with Gasteiger partial charge in [0.25, 0.3) is 0 Å². The molecule has 2 atom stereocenters. The van der Waals surface area contributed by atoms with Crippen molar-refractivity contribution >= 4 is 5.91 Å². The standard InChI is InChI=1S/C15H28N2O2/c1-3-12(2)14-15(18)17(11-16-14)9-10-19-13-7-5-4-6-8-13/h12-14,16H,3-11H2,1-2H3. The van der Waals surface area contributed by atoms with E-state index < -0.39 is 0 Å². The first-order valence-electron chi connectivity index (χ1n) is 7.86. The fourth-order valence-corrected chi connectivity index (χ4v) is 3.00. The fourth-order valence-electron chi connectivity index (χ4n) is 3.00. The van der Waals surface area contributed by atoms with Crippen LogP contribution in [0.25, 0.3) is 0 Å². The van der Waals surface area contributed by atoms with Gasteiger partial charge in [-0.25, -0.2) is 0 Å². The van der Waals surface area contributed by atoms with Crippen LogP contribution in [0.5, 0.6) is 0 Å². The fraction of sp³-hybridized carbons (Fsp3) is 0.933. The second-order valence-corrected chi connectivity index (χ2v) is 5.96. The summed E-state index contributed by atoms with van der Waals surface area (Å²) in [6.07, 6.45) is 7.81. The molecule has 0 radical (unpaired) electrons. The third kappa shape index (κ3) is 3.93. The molecule has 2 unspecified atom stereocenters. The van der Waals surface area contributed by atoms with Crippen molar-refractivity contribution in [3.63, 3.8) is 0 Å². The van der Waals surface area contributed by atoms with E-state index >= 15 is 0 Å². The predicted molar refractivity (Wildman–Crippen MR) is 75.8 cm³/mol. The van der Waals surface area contributed by atoms with Crippen LogP contribution >= 0.6 is 0 Å². The maximum absolute atomic E-state index is 12.2. The zero-order valence-electron chi connectivity index (χ0n) is 12.4. The van der Waals surface area contributed by atoms with Crippen LogP contribution in [0.4, 0.5) is 0 Å². The molecule has 1 aliphatic carbocycles. The van der Waals surface area contributed by atoms with Crippen LogP contribution in [0, 0.1) is 5.92 Å². The van der Waals surface area contributed by atoms with Crippen LogP contribution in [0.1, 0.15) is 52.4 Å². The van der Waals surface area contributed by atoms with Crippen molar-refractivity contribution in [2.24, 2.45) is 5.92 Å². The summed E-state index contributed by atoms with van der Waals surface area (Å²) in [5.74, 6) is 0.665. The van der Waals surface area contributed by atoms with E-state index in [-0.39, 0.29) is 11.9 Å². The van der Waals surface area contributed by atoms with Gasteiger partial charge in [-0.15, -0.1) is 0 Å². The van der Waals surface area contributed by atoms with E-state index in [1.54, 1.807) is 0 Å². The van der Waals surface area contributed by atoms with Crippen molar-refractivity contribution in [3.8, 4) is 0 Å². The van der Waals surface area contributed by atoms with Crippen LogP contribution < -0.4 is 5.32 Å². The molecule has 0 spiro atoms. The molecule has 0 aromatic rings. The first-order valence-corrected chi connectivity index (χ1v) is 7.86. The number of ether oxygens (including phenoxy) is 1. The van der Waals surface area contributed by atoms with Crippen molar-refractivity contribution in [2.75, 3.05) is 19.8 Å².